The Bertz CT molecular complexity index is 899. The molecule has 29 heavy (non-hydrogen) atoms. The van der Waals surface area contributed by atoms with Crippen LogP contribution < -0.4 is 11.1 Å². The van der Waals surface area contributed by atoms with Gasteiger partial charge in [-0.1, -0.05) is 30.3 Å². The molecule has 12 heteroatoms. The molecule has 0 spiro atoms. The summed E-state index contributed by atoms with van der Waals surface area (Å²) in [6.45, 7) is -0.0675. The number of hydrogen-bond donors (Lipinski definition) is 4. The largest absolute Gasteiger partial charge is 0.490 e. The van der Waals surface area contributed by atoms with E-state index < -0.39 is 12.1 Å². The molecule has 0 saturated heterocycles. The maximum Gasteiger partial charge on any atom is 0.490 e. The number of ketones is 1. The molecule has 2 rings (SSSR count). The number of nitrogens with one attached hydrogen (secondary N) is 2. The van der Waals surface area contributed by atoms with Crippen LogP contribution in [0.5, 0.6) is 0 Å². The van der Waals surface area contributed by atoms with Crippen LogP contribution in [0.1, 0.15) is 25.6 Å². The summed E-state index contributed by atoms with van der Waals surface area (Å²) in [5.41, 5.74) is 6.45. The third kappa shape index (κ3) is 7.58. The smallest absolute Gasteiger partial charge is 0.475 e. The predicted molar refractivity (Wildman–Crippen MR) is 104 cm³/mol. The fourth-order valence-electron chi connectivity index (χ4n) is 1.80. The number of Topliss-reactive ketones (excluding diaryl/α,β-unsaturated/α-hetero) is 1. The molecule has 0 atom stereocenters. The van der Waals surface area contributed by atoms with E-state index in [1.165, 1.54) is 23.1 Å². The fraction of sp³-hybridized carbons (Fsp3) is 0.176. The number of carboxylic acids is 1. The Morgan fingerprint density at radius 1 is 1.24 bits per heavy atom. The van der Waals surface area contributed by atoms with E-state index in [2.05, 4.69) is 5.32 Å². The first-order valence-corrected chi connectivity index (χ1v) is 9.70. The van der Waals surface area contributed by atoms with Gasteiger partial charge in [0.15, 0.2) is 5.78 Å². The number of carbonyl (C=O) groups is 3. The van der Waals surface area contributed by atoms with E-state index in [0.29, 0.717) is 16.0 Å². The number of rotatable bonds is 6. The van der Waals surface area contributed by atoms with Crippen LogP contribution in [0.4, 0.5) is 13.2 Å². The van der Waals surface area contributed by atoms with Gasteiger partial charge in [0.1, 0.15) is 5.84 Å². The number of aliphatic carboxylic acids is 1. The number of alkyl halides is 3. The van der Waals surface area contributed by atoms with Crippen molar-refractivity contribution in [2.45, 2.75) is 10.4 Å². The number of hydrogen-bond acceptors (Lipinski definition) is 6. The number of carbonyl (C=O) groups excluding carboxylic acids is 2. The maximum absolute atomic E-state index is 12.2. The molecule has 1 aromatic heterocycles. The van der Waals surface area contributed by atoms with Gasteiger partial charge in [0, 0.05) is 5.56 Å². The number of amidine groups is 1. The van der Waals surface area contributed by atoms with Crippen LogP contribution in [0.15, 0.2) is 40.6 Å². The summed E-state index contributed by atoms with van der Waals surface area (Å²) in [5.74, 6) is -3.31. The highest BCUT2D eigenvalue weighted by atomic mass is 32.2. The molecule has 0 aliphatic carbocycles. The number of thioether (sulfide) groups is 1. The summed E-state index contributed by atoms with van der Waals surface area (Å²) < 4.78 is 32.5. The minimum Gasteiger partial charge on any atom is -0.475 e. The molecule has 0 fully saturated rings. The zero-order valence-electron chi connectivity index (χ0n) is 14.9. The van der Waals surface area contributed by atoms with E-state index in [0.717, 1.165) is 4.21 Å². The summed E-state index contributed by atoms with van der Waals surface area (Å²) in [5, 5.41) is 17.2. The highest BCUT2D eigenvalue weighted by Gasteiger charge is 2.38. The summed E-state index contributed by atoms with van der Waals surface area (Å²) >= 11 is 2.71. The van der Waals surface area contributed by atoms with E-state index in [9.17, 15) is 22.8 Å². The zero-order chi connectivity index (χ0) is 22.2. The van der Waals surface area contributed by atoms with Crippen LogP contribution in [0.2, 0.25) is 0 Å². The van der Waals surface area contributed by atoms with E-state index in [4.69, 9.17) is 21.0 Å². The molecule has 1 aromatic carbocycles. The molecule has 0 bridgehead atoms. The lowest BCUT2D eigenvalue weighted by Gasteiger charge is -2.04. The van der Waals surface area contributed by atoms with Crippen molar-refractivity contribution in [3.8, 4) is 0 Å². The molecular weight excluding hydrogens is 431 g/mol. The number of nitrogens with two attached hydrogens (primary N) is 1. The van der Waals surface area contributed by atoms with Crippen LogP contribution in [-0.4, -0.2) is 47.6 Å². The van der Waals surface area contributed by atoms with Gasteiger partial charge in [-0.05, 0) is 12.3 Å². The van der Waals surface area contributed by atoms with E-state index in [1.54, 1.807) is 30.3 Å². The van der Waals surface area contributed by atoms with Crippen LogP contribution >= 0.6 is 23.1 Å². The zero-order valence-corrected chi connectivity index (χ0v) is 16.5. The summed E-state index contributed by atoms with van der Waals surface area (Å²) in [6, 6.07) is 10.4. The normalized spacial score (nSPS) is 10.5. The number of halogens is 3. The average Bonchev–Trinajstić information content (AvgIpc) is 3.11. The van der Waals surface area contributed by atoms with Crippen molar-refractivity contribution in [1.29, 1.82) is 5.41 Å². The standard InChI is InChI=1S/C15H15N3O2S2.C2HF3O2/c1-21-15-10(7-12(22-15)13(16)17)14(20)18-8-11(19)9-5-3-2-4-6-9;3-2(4,5)1(6)7/h2-7H,8H2,1H3,(H3,16,17)(H,18,20);(H,6,7). The molecule has 0 aliphatic heterocycles. The number of benzene rings is 1. The second-order valence-electron chi connectivity index (χ2n) is 5.20. The lowest BCUT2D eigenvalue weighted by molar-refractivity contribution is -0.192. The second kappa shape index (κ2) is 10.6. The van der Waals surface area contributed by atoms with Crippen molar-refractivity contribution in [3.63, 3.8) is 0 Å². The van der Waals surface area contributed by atoms with Crippen LogP contribution in [0, 0.1) is 5.41 Å². The Morgan fingerprint density at radius 3 is 2.24 bits per heavy atom. The van der Waals surface area contributed by atoms with Crippen molar-refractivity contribution in [3.05, 3.63) is 52.4 Å². The first-order valence-electron chi connectivity index (χ1n) is 7.66. The highest BCUT2D eigenvalue weighted by molar-refractivity contribution is 8.00. The lowest BCUT2D eigenvalue weighted by Crippen LogP contribution is -2.29. The van der Waals surface area contributed by atoms with Crippen LogP contribution in [0.3, 0.4) is 0 Å². The molecule has 1 heterocycles. The molecular formula is C17H16F3N3O4S2. The SMILES string of the molecule is CSc1sc(C(=N)N)cc1C(=O)NCC(=O)c1ccccc1.O=C(O)C(F)(F)F. The summed E-state index contributed by atoms with van der Waals surface area (Å²) in [4.78, 5) is 33.6. The predicted octanol–water partition coefficient (Wildman–Crippen LogP) is 3.00. The molecule has 2 aromatic rings. The fourth-order valence-corrected chi connectivity index (χ4v) is 3.52. The van der Waals surface area contributed by atoms with Crippen LogP contribution in [-0.2, 0) is 4.79 Å². The average molecular weight is 447 g/mol. The van der Waals surface area contributed by atoms with Gasteiger partial charge in [-0.25, -0.2) is 4.79 Å². The minimum atomic E-state index is -5.08. The molecule has 0 saturated carbocycles. The number of nitrogen functional groups attached to an aromatic ring is 1. The molecule has 7 nitrogen and oxygen atoms in total. The first kappa shape index (κ1) is 24.2. The lowest BCUT2D eigenvalue weighted by atomic mass is 10.1. The van der Waals surface area contributed by atoms with Crippen molar-refractivity contribution < 1.29 is 32.7 Å². The van der Waals surface area contributed by atoms with Gasteiger partial charge in [0.2, 0.25) is 0 Å². The number of thiophene rings is 1. The minimum absolute atomic E-state index is 0.0675. The topological polar surface area (TPSA) is 133 Å². The van der Waals surface area contributed by atoms with E-state index in [1.807, 2.05) is 12.3 Å². The van der Waals surface area contributed by atoms with Crippen molar-refractivity contribution >= 4 is 46.6 Å². The van der Waals surface area contributed by atoms with Crippen molar-refractivity contribution in [2.24, 2.45) is 5.73 Å². The quantitative estimate of drug-likeness (QED) is 0.233. The van der Waals surface area contributed by atoms with Crippen molar-refractivity contribution in [2.75, 3.05) is 12.8 Å². The number of carboxylic acid groups (broad SMARTS) is 1. The van der Waals surface area contributed by atoms with Gasteiger partial charge in [-0.2, -0.15) is 13.2 Å². The Labute approximate surface area is 171 Å². The monoisotopic (exact) mass is 447 g/mol. The maximum atomic E-state index is 12.2. The number of amides is 1. The Hall–Kier alpha value is -2.86. The Balaban J connectivity index is 0.000000516. The highest BCUT2D eigenvalue weighted by Crippen LogP contribution is 2.30. The van der Waals surface area contributed by atoms with E-state index >= 15 is 0 Å². The third-order valence-corrected chi connectivity index (χ3v) is 5.44. The molecule has 5 N–H and O–H groups in total. The van der Waals surface area contributed by atoms with Gasteiger partial charge in [0.05, 0.1) is 21.2 Å². The van der Waals surface area contributed by atoms with Gasteiger partial charge < -0.3 is 16.2 Å². The van der Waals surface area contributed by atoms with Gasteiger partial charge in [-0.15, -0.1) is 23.1 Å². The Morgan fingerprint density at radius 2 is 1.79 bits per heavy atom. The molecule has 1 amide bonds. The van der Waals surface area contributed by atoms with Crippen LogP contribution in [0.25, 0.3) is 0 Å². The van der Waals surface area contributed by atoms with Gasteiger partial charge >= 0.3 is 12.1 Å². The van der Waals surface area contributed by atoms with E-state index in [-0.39, 0.29) is 24.1 Å². The molecule has 0 aliphatic rings. The third-order valence-electron chi connectivity index (χ3n) is 3.14. The summed E-state index contributed by atoms with van der Waals surface area (Å²) in [6.07, 6.45) is -3.23. The molecule has 0 radical (unpaired) electrons. The second-order valence-corrected chi connectivity index (χ2v) is 7.33. The van der Waals surface area contributed by atoms with Gasteiger partial charge in [0.25, 0.3) is 5.91 Å². The first-order chi connectivity index (χ1) is 13.5. The van der Waals surface area contributed by atoms with Gasteiger partial charge in [-0.3, -0.25) is 15.0 Å². The van der Waals surface area contributed by atoms with Crippen molar-refractivity contribution in [1.82, 2.24) is 5.32 Å². The Kier molecular flexibility index (Phi) is 8.85. The molecule has 0 unspecified atom stereocenters. The summed E-state index contributed by atoms with van der Waals surface area (Å²) in [7, 11) is 0. The molecule has 156 valence electrons.